The Balaban J connectivity index is 2.49. The molecular weight excluding hydrogens is 376 g/mol. The summed E-state index contributed by atoms with van der Waals surface area (Å²) in [5.41, 5.74) is 0.454. The topological polar surface area (TPSA) is 102 Å². The van der Waals surface area contributed by atoms with E-state index in [4.69, 9.17) is 14.2 Å². The van der Waals surface area contributed by atoms with Crippen LogP contribution in [0.1, 0.15) is 26.5 Å². The molecule has 0 aliphatic rings. The van der Waals surface area contributed by atoms with E-state index in [9.17, 15) is 9.59 Å². The summed E-state index contributed by atoms with van der Waals surface area (Å²) in [5, 5.41) is 6.84. The number of amides is 3. The smallest absolute Gasteiger partial charge is 0.407 e. The fraction of sp³-hybridized carbons (Fsp3) is 0.450. The molecule has 0 unspecified atom stereocenters. The normalized spacial score (nSPS) is 11.0. The summed E-state index contributed by atoms with van der Waals surface area (Å²) in [4.78, 5) is 30.0. The van der Waals surface area contributed by atoms with Crippen molar-refractivity contribution in [3.8, 4) is 11.5 Å². The predicted molar refractivity (Wildman–Crippen MR) is 111 cm³/mol. The van der Waals surface area contributed by atoms with Crippen molar-refractivity contribution in [3.05, 3.63) is 24.0 Å². The summed E-state index contributed by atoms with van der Waals surface area (Å²) >= 11 is 0. The number of methoxy groups -OCH3 is 2. The molecule has 1 aromatic carbocycles. The first-order valence-electron chi connectivity index (χ1n) is 9.04. The number of carbonyl (C=O) groups excluding carboxylic acids is 2. The summed E-state index contributed by atoms with van der Waals surface area (Å²) in [5.74, 6) is 1.07. The number of ether oxygens (including phenoxy) is 3. The highest BCUT2D eigenvalue weighted by Crippen LogP contribution is 2.36. The van der Waals surface area contributed by atoms with Gasteiger partial charge in [-0.1, -0.05) is 0 Å². The molecule has 9 heteroatoms. The highest BCUT2D eigenvalue weighted by molar-refractivity contribution is 6.04. The minimum atomic E-state index is -0.606. The number of rotatable bonds is 5. The molecule has 0 saturated carbocycles. The quantitative estimate of drug-likeness (QED) is 0.792. The molecule has 1 heterocycles. The molecule has 158 valence electrons. The lowest BCUT2D eigenvalue weighted by Crippen LogP contribution is -2.32. The number of nitrogens with one attached hydrogen (secondary N) is 2. The number of pyridine rings is 1. The Hall–Kier alpha value is -3.23. The van der Waals surface area contributed by atoms with Crippen molar-refractivity contribution < 1.29 is 23.8 Å². The first kappa shape index (κ1) is 22.1. The van der Waals surface area contributed by atoms with Gasteiger partial charge in [0, 0.05) is 30.9 Å². The molecule has 29 heavy (non-hydrogen) atoms. The van der Waals surface area contributed by atoms with Gasteiger partial charge in [0.1, 0.15) is 17.1 Å². The Morgan fingerprint density at radius 1 is 1.14 bits per heavy atom. The van der Waals surface area contributed by atoms with Crippen LogP contribution in [0.5, 0.6) is 11.5 Å². The lowest BCUT2D eigenvalue weighted by Gasteiger charge is -2.20. The monoisotopic (exact) mass is 404 g/mol. The standard InChI is InChI=1S/C20H28N4O5/c1-20(2,3)29-19(26)22-11-15-17-13(8-12(27-6)9-16(17)28-7)14(10-21-15)23-18(25)24(4)5/h8-10H,11H2,1-7H3,(H,22,26)(H,23,25). The highest BCUT2D eigenvalue weighted by Gasteiger charge is 2.19. The SMILES string of the molecule is COc1cc(OC)c2c(CNC(=O)OC(C)(C)C)ncc(NC(=O)N(C)C)c2c1. The molecule has 0 bridgehead atoms. The van der Waals surface area contributed by atoms with Crippen molar-refractivity contribution in [2.24, 2.45) is 0 Å². The van der Waals surface area contributed by atoms with Crippen molar-refractivity contribution in [1.29, 1.82) is 0 Å². The molecule has 0 spiro atoms. The Kier molecular flexibility index (Phi) is 6.73. The molecule has 0 aliphatic heterocycles. The Morgan fingerprint density at radius 3 is 2.38 bits per heavy atom. The van der Waals surface area contributed by atoms with E-state index in [-0.39, 0.29) is 12.6 Å². The first-order chi connectivity index (χ1) is 13.6. The third-order valence-electron chi connectivity index (χ3n) is 3.91. The van der Waals surface area contributed by atoms with Crippen molar-refractivity contribution in [2.75, 3.05) is 33.6 Å². The highest BCUT2D eigenvalue weighted by atomic mass is 16.6. The number of urea groups is 1. The summed E-state index contributed by atoms with van der Waals surface area (Å²) in [7, 11) is 6.37. The molecule has 3 amide bonds. The van der Waals surface area contributed by atoms with Gasteiger partial charge >= 0.3 is 12.1 Å². The molecule has 0 radical (unpaired) electrons. The first-order valence-corrected chi connectivity index (χ1v) is 9.04. The predicted octanol–water partition coefficient (Wildman–Crippen LogP) is 3.37. The maximum Gasteiger partial charge on any atom is 0.407 e. The molecule has 1 aromatic heterocycles. The van der Waals surface area contributed by atoms with Gasteiger partial charge in [0.15, 0.2) is 0 Å². The van der Waals surface area contributed by atoms with Gasteiger partial charge in [-0.15, -0.1) is 0 Å². The third kappa shape index (κ3) is 5.63. The van der Waals surface area contributed by atoms with E-state index in [0.717, 1.165) is 0 Å². The van der Waals surface area contributed by atoms with E-state index >= 15 is 0 Å². The minimum Gasteiger partial charge on any atom is -0.497 e. The van der Waals surface area contributed by atoms with Gasteiger partial charge in [-0.25, -0.2) is 9.59 Å². The Labute approximate surface area is 170 Å². The van der Waals surface area contributed by atoms with E-state index in [0.29, 0.717) is 33.7 Å². The molecule has 0 saturated heterocycles. The number of benzene rings is 1. The van der Waals surface area contributed by atoms with Crippen molar-refractivity contribution in [1.82, 2.24) is 15.2 Å². The van der Waals surface area contributed by atoms with Crippen LogP contribution < -0.4 is 20.1 Å². The fourth-order valence-corrected chi connectivity index (χ4v) is 2.59. The van der Waals surface area contributed by atoms with E-state index in [1.54, 1.807) is 54.1 Å². The van der Waals surface area contributed by atoms with Crippen LogP contribution in [0.3, 0.4) is 0 Å². The van der Waals surface area contributed by atoms with Gasteiger partial charge in [0.05, 0.1) is 38.3 Å². The van der Waals surface area contributed by atoms with Crippen LogP contribution in [-0.2, 0) is 11.3 Å². The second-order valence-corrected chi connectivity index (χ2v) is 7.55. The molecule has 2 aromatic rings. The molecule has 2 rings (SSSR count). The zero-order chi connectivity index (χ0) is 21.8. The minimum absolute atomic E-state index is 0.121. The molecule has 0 aliphatic carbocycles. The van der Waals surface area contributed by atoms with Crippen molar-refractivity contribution in [3.63, 3.8) is 0 Å². The van der Waals surface area contributed by atoms with Gasteiger partial charge in [0.2, 0.25) is 0 Å². The molecule has 2 N–H and O–H groups in total. The van der Waals surface area contributed by atoms with Crippen molar-refractivity contribution in [2.45, 2.75) is 32.9 Å². The largest absolute Gasteiger partial charge is 0.497 e. The zero-order valence-corrected chi connectivity index (χ0v) is 17.9. The number of aromatic nitrogens is 1. The second kappa shape index (κ2) is 8.85. The van der Waals surface area contributed by atoms with Gasteiger partial charge in [0.25, 0.3) is 0 Å². The average molecular weight is 404 g/mol. The summed E-state index contributed by atoms with van der Waals surface area (Å²) in [6.45, 7) is 5.49. The Morgan fingerprint density at radius 2 is 1.83 bits per heavy atom. The van der Waals surface area contributed by atoms with E-state index in [1.165, 1.54) is 18.2 Å². The lowest BCUT2D eigenvalue weighted by molar-refractivity contribution is 0.0523. The maximum absolute atomic E-state index is 12.1. The molecule has 0 fully saturated rings. The molecule has 9 nitrogen and oxygen atoms in total. The maximum atomic E-state index is 12.1. The van der Waals surface area contributed by atoms with Gasteiger partial charge in [-0.3, -0.25) is 4.98 Å². The van der Waals surface area contributed by atoms with E-state index < -0.39 is 11.7 Å². The molecular formula is C20H28N4O5. The van der Waals surface area contributed by atoms with Gasteiger partial charge in [-0.05, 0) is 26.8 Å². The van der Waals surface area contributed by atoms with Crippen LogP contribution in [0.25, 0.3) is 10.8 Å². The van der Waals surface area contributed by atoms with Crippen LogP contribution in [0.15, 0.2) is 18.3 Å². The van der Waals surface area contributed by atoms with Crippen LogP contribution in [-0.4, -0.2) is 55.9 Å². The van der Waals surface area contributed by atoms with Crippen LogP contribution in [0.2, 0.25) is 0 Å². The number of hydrogen-bond donors (Lipinski definition) is 2. The number of hydrogen-bond acceptors (Lipinski definition) is 6. The van der Waals surface area contributed by atoms with Crippen LogP contribution in [0.4, 0.5) is 15.3 Å². The van der Waals surface area contributed by atoms with Gasteiger partial charge < -0.3 is 29.7 Å². The van der Waals surface area contributed by atoms with E-state index in [1.807, 2.05) is 0 Å². The number of anilines is 1. The average Bonchev–Trinajstić information content (AvgIpc) is 2.64. The second-order valence-electron chi connectivity index (χ2n) is 7.55. The van der Waals surface area contributed by atoms with Crippen LogP contribution >= 0.6 is 0 Å². The molecule has 0 atom stereocenters. The summed E-state index contributed by atoms with van der Waals surface area (Å²) < 4.78 is 16.1. The van der Waals surface area contributed by atoms with E-state index in [2.05, 4.69) is 15.6 Å². The van der Waals surface area contributed by atoms with Crippen LogP contribution in [0, 0.1) is 0 Å². The van der Waals surface area contributed by atoms with Gasteiger partial charge in [-0.2, -0.15) is 0 Å². The summed E-state index contributed by atoms with van der Waals surface area (Å²) in [6, 6.07) is 3.20. The number of alkyl carbamates (subject to hydrolysis) is 1. The number of fused-ring (bicyclic) bond motifs is 1. The number of nitrogens with zero attached hydrogens (tertiary/aromatic N) is 2. The third-order valence-corrected chi connectivity index (χ3v) is 3.91. The summed E-state index contributed by atoms with van der Waals surface area (Å²) in [6.07, 6.45) is 0.985. The fourth-order valence-electron chi connectivity index (χ4n) is 2.59. The zero-order valence-electron chi connectivity index (χ0n) is 17.9. The number of carbonyl (C=O) groups is 2. The lowest BCUT2D eigenvalue weighted by atomic mass is 10.1. The Bertz CT molecular complexity index is 906. The van der Waals surface area contributed by atoms with Crippen molar-refractivity contribution >= 4 is 28.6 Å².